The molecule has 1 amide bonds. The van der Waals surface area contributed by atoms with Crippen LogP contribution in [-0.4, -0.2) is 81.8 Å². The highest BCUT2D eigenvalue weighted by atomic mass is 19.4. The third kappa shape index (κ3) is 6.16. The summed E-state index contributed by atoms with van der Waals surface area (Å²) in [5.41, 5.74) is 6.63. The van der Waals surface area contributed by atoms with Crippen LogP contribution < -0.4 is 15.8 Å². The fraction of sp³-hybridized carbons (Fsp3) is 0.419. The molecular weight excluding hydrogens is 592 g/mol. The molecule has 1 saturated heterocycles. The molecule has 0 bridgehead atoms. The maximum Gasteiger partial charge on any atom is 0.416 e. The molecule has 2 fully saturated rings. The van der Waals surface area contributed by atoms with Crippen LogP contribution in [-0.2, 0) is 6.18 Å². The highest BCUT2D eigenvalue weighted by Gasteiger charge is 2.33. The average molecular weight is 627 g/mol. The molecule has 14 heteroatoms. The number of aromatic nitrogens is 4. The molecule has 0 atom stereocenters. The Kier molecular flexibility index (Phi) is 8.35. The number of nitrogen functional groups attached to an aromatic ring is 1. The van der Waals surface area contributed by atoms with Gasteiger partial charge in [0, 0.05) is 37.8 Å². The van der Waals surface area contributed by atoms with Gasteiger partial charge in [0.25, 0.3) is 5.91 Å². The summed E-state index contributed by atoms with van der Waals surface area (Å²) in [5, 5.41) is 8.10. The predicted octanol–water partition coefficient (Wildman–Crippen LogP) is 5.23. The molecule has 1 aliphatic heterocycles. The van der Waals surface area contributed by atoms with Crippen molar-refractivity contribution < 1.29 is 27.1 Å². The van der Waals surface area contributed by atoms with Crippen molar-refractivity contribution in [3.63, 3.8) is 0 Å². The summed E-state index contributed by atoms with van der Waals surface area (Å²) >= 11 is 0. The van der Waals surface area contributed by atoms with Crippen molar-refractivity contribution in [1.82, 2.24) is 29.5 Å². The SMILES string of the molecule is COc1cc(-c2nn(C3CCC(N4CCN(C)CC4)CC3)c3ncnc(N)c23)ccc1NC(=O)c1ccc(C(F)(F)F)cc1F. The summed E-state index contributed by atoms with van der Waals surface area (Å²) in [7, 11) is 3.56. The minimum atomic E-state index is -4.73. The lowest BCUT2D eigenvalue weighted by molar-refractivity contribution is -0.137. The maximum atomic E-state index is 14.4. The van der Waals surface area contributed by atoms with Crippen LogP contribution in [0.2, 0.25) is 0 Å². The number of amides is 1. The van der Waals surface area contributed by atoms with Gasteiger partial charge in [-0.25, -0.2) is 19.0 Å². The molecule has 238 valence electrons. The first-order valence-corrected chi connectivity index (χ1v) is 14.8. The number of piperazine rings is 1. The molecule has 2 aliphatic rings. The summed E-state index contributed by atoms with van der Waals surface area (Å²) in [4.78, 5) is 26.5. The quantitative estimate of drug-likeness (QED) is 0.280. The lowest BCUT2D eigenvalue weighted by Crippen LogP contribution is -2.49. The number of nitrogens with two attached hydrogens (primary N) is 1. The Morgan fingerprint density at radius 1 is 1.00 bits per heavy atom. The van der Waals surface area contributed by atoms with Gasteiger partial charge in [0.05, 0.1) is 35.4 Å². The zero-order valence-corrected chi connectivity index (χ0v) is 24.9. The number of likely N-dealkylation sites (N-methyl/N-ethyl adjacent to an activating group) is 1. The highest BCUT2D eigenvalue weighted by Crippen LogP contribution is 2.39. The number of ether oxygens (including phenoxy) is 1. The van der Waals surface area contributed by atoms with Crippen molar-refractivity contribution in [2.45, 2.75) is 43.9 Å². The van der Waals surface area contributed by atoms with Gasteiger partial charge in [0.15, 0.2) is 5.65 Å². The van der Waals surface area contributed by atoms with E-state index >= 15 is 0 Å². The minimum absolute atomic E-state index is 0.137. The van der Waals surface area contributed by atoms with Crippen LogP contribution in [0.5, 0.6) is 5.75 Å². The van der Waals surface area contributed by atoms with Crippen molar-refractivity contribution in [1.29, 1.82) is 0 Å². The Morgan fingerprint density at radius 2 is 1.71 bits per heavy atom. The van der Waals surface area contributed by atoms with E-state index < -0.39 is 29.0 Å². The Balaban J connectivity index is 1.25. The third-order valence-corrected chi connectivity index (χ3v) is 8.85. The molecule has 3 heterocycles. The number of alkyl halides is 3. The Hall–Kier alpha value is -4.30. The second-order valence-corrected chi connectivity index (χ2v) is 11.6. The molecule has 3 N–H and O–H groups in total. The number of halogens is 4. The fourth-order valence-corrected chi connectivity index (χ4v) is 6.31. The molecule has 6 rings (SSSR count). The van der Waals surface area contributed by atoms with E-state index in [0.29, 0.717) is 40.5 Å². The summed E-state index contributed by atoms with van der Waals surface area (Å²) in [6.07, 6.45) is 0.720. The molecule has 4 aromatic rings. The van der Waals surface area contributed by atoms with E-state index in [1.807, 2.05) is 4.68 Å². The topological polar surface area (TPSA) is 114 Å². The van der Waals surface area contributed by atoms with E-state index in [2.05, 4.69) is 32.1 Å². The summed E-state index contributed by atoms with van der Waals surface area (Å²) in [6.45, 7) is 4.34. The van der Waals surface area contributed by atoms with Gasteiger partial charge in [-0.3, -0.25) is 9.69 Å². The summed E-state index contributed by atoms with van der Waals surface area (Å²) < 4.78 is 60.7. The van der Waals surface area contributed by atoms with Gasteiger partial charge >= 0.3 is 6.18 Å². The van der Waals surface area contributed by atoms with Gasteiger partial charge in [-0.05, 0) is 63.1 Å². The molecule has 0 radical (unpaired) electrons. The molecule has 0 unspecified atom stereocenters. The van der Waals surface area contributed by atoms with Gasteiger partial charge in [0.2, 0.25) is 0 Å². The van der Waals surface area contributed by atoms with Crippen LogP contribution in [0.25, 0.3) is 22.3 Å². The summed E-state index contributed by atoms with van der Waals surface area (Å²) in [5.74, 6) is -1.70. The number of methoxy groups -OCH3 is 1. The number of hydrogen-bond acceptors (Lipinski definition) is 8. The zero-order valence-electron chi connectivity index (χ0n) is 24.9. The molecule has 10 nitrogen and oxygen atoms in total. The predicted molar refractivity (Wildman–Crippen MR) is 161 cm³/mol. The van der Waals surface area contributed by atoms with E-state index in [1.54, 1.807) is 18.2 Å². The first-order valence-electron chi connectivity index (χ1n) is 14.8. The molecule has 1 saturated carbocycles. The number of anilines is 2. The number of nitrogens with one attached hydrogen (secondary N) is 1. The molecule has 0 spiro atoms. The van der Waals surface area contributed by atoms with E-state index in [9.17, 15) is 22.4 Å². The first-order chi connectivity index (χ1) is 21.5. The van der Waals surface area contributed by atoms with Crippen molar-refractivity contribution in [3.05, 3.63) is 59.7 Å². The smallest absolute Gasteiger partial charge is 0.416 e. The Morgan fingerprint density at radius 3 is 2.38 bits per heavy atom. The number of hydrogen-bond donors (Lipinski definition) is 2. The first kappa shape index (κ1) is 30.7. The normalized spacial score (nSPS) is 20.0. The molecule has 2 aromatic carbocycles. The molecule has 1 aliphatic carbocycles. The highest BCUT2D eigenvalue weighted by molar-refractivity contribution is 6.06. The number of nitrogens with zero attached hydrogens (tertiary/aromatic N) is 6. The number of rotatable bonds is 6. The van der Waals surface area contributed by atoms with E-state index in [0.717, 1.165) is 57.9 Å². The van der Waals surface area contributed by atoms with Crippen LogP contribution in [0.4, 0.5) is 29.1 Å². The van der Waals surface area contributed by atoms with Crippen LogP contribution in [0.15, 0.2) is 42.7 Å². The van der Waals surface area contributed by atoms with Crippen LogP contribution in [0, 0.1) is 5.82 Å². The fourth-order valence-electron chi connectivity index (χ4n) is 6.31. The van der Waals surface area contributed by atoms with Gasteiger partial charge in [-0.15, -0.1) is 0 Å². The number of carbonyl (C=O) groups is 1. The van der Waals surface area contributed by atoms with E-state index in [4.69, 9.17) is 15.6 Å². The third-order valence-electron chi connectivity index (χ3n) is 8.85. The number of carbonyl (C=O) groups excluding carboxylic acids is 1. The van der Waals surface area contributed by atoms with Gasteiger partial charge < -0.3 is 20.7 Å². The Labute approximate surface area is 257 Å². The van der Waals surface area contributed by atoms with Gasteiger partial charge in [-0.1, -0.05) is 6.07 Å². The molecule has 2 aromatic heterocycles. The number of fused-ring (bicyclic) bond motifs is 1. The second-order valence-electron chi connectivity index (χ2n) is 11.6. The van der Waals surface area contributed by atoms with Gasteiger partial charge in [-0.2, -0.15) is 18.3 Å². The average Bonchev–Trinajstić information content (AvgIpc) is 3.42. The van der Waals surface area contributed by atoms with Crippen molar-refractivity contribution >= 4 is 28.4 Å². The van der Waals surface area contributed by atoms with Crippen molar-refractivity contribution in [3.8, 4) is 17.0 Å². The largest absolute Gasteiger partial charge is 0.495 e. The summed E-state index contributed by atoms with van der Waals surface area (Å²) in [6, 6.07) is 7.35. The van der Waals surface area contributed by atoms with Gasteiger partial charge in [0.1, 0.15) is 29.4 Å². The van der Waals surface area contributed by atoms with Crippen molar-refractivity contribution in [2.75, 3.05) is 51.4 Å². The zero-order chi connectivity index (χ0) is 31.9. The van der Waals surface area contributed by atoms with E-state index in [-0.39, 0.29) is 23.3 Å². The molecular formula is C31H34F4N8O2. The standard InChI is InChI=1S/C31H34F4N8O2/c1-41-11-13-42(14-12-41)20-5-7-21(8-6-20)43-29-26(28(36)37-17-38-29)27(40-43)18-3-10-24(25(15-18)45-2)39-30(44)22-9-4-19(16-23(22)32)31(33,34)35/h3-4,9-10,15-17,20-21H,5-8,11-14H2,1-2H3,(H,39,44)(H2,36,37,38). The Bertz CT molecular complexity index is 1710. The lowest BCUT2D eigenvalue weighted by atomic mass is 9.90. The van der Waals surface area contributed by atoms with Crippen LogP contribution >= 0.6 is 0 Å². The number of benzene rings is 2. The van der Waals surface area contributed by atoms with Crippen molar-refractivity contribution in [2.24, 2.45) is 0 Å². The maximum absolute atomic E-state index is 14.4. The lowest BCUT2D eigenvalue weighted by Gasteiger charge is -2.41. The molecule has 45 heavy (non-hydrogen) atoms. The second kappa shape index (κ2) is 12.2. The van der Waals surface area contributed by atoms with Crippen LogP contribution in [0.3, 0.4) is 0 Å². The van der Waals surface area contributed by atoms with Crippen LogP contribution in [0.1, 0.15) is 47.6 Å². The monoisotopic (exact) mass is 626 g/mol. The minimum Gasteiger partial charge on any atom is -0.495 e. The van der Waals surface area contributed by atoms with E-state index in [1.165, 1.54) is 13.4 Å².